The van der Waals surface area contributed by atoms with Crippen LogP contribution in [0, 0.1) is 5.92 Å². The summed E-state index contributed by atoms with van der Waals surface area (Å²) in [5.74, 6) is 1.73. The molecule has 3 aromatic carbocycles. The molecule has 2 aliphatic heterocycles. The Hall–Kier alpha value is -2.85. The molecule has 2 saturated heterocycles. The van der Waals surface area contributed by atoms with Gasteiger partial charge in [0.05, 0.1) is 6.61 Å². The molecular formula is C31H38N2O2. The van der Waals surface area contributed by atoms with Crippen molar-refractivity contribution in [3.8, 4) is 5.75 Å². The van der Waals surface area contributed by atoms with Crippen LogP contribution in [0.5, 0.6) is 5.75 Å². The van der Waals surface area contributed by atoms with Crippen LogP contribution in [0.25, 0.3) is 10.8 Å². The van der Waals surface area contributed by atoms with Crippen molar-refractivity contribution in [2.45, 2.75) is 44.9 Å². The fourth-order valence-corrected chi connectivity index (χ4v) is 5.58. The molecule has 0 saturated carbocycles. The zero-order chi connectivity index (χ0) is 23.9. The minimum atomic E-state index is 0.156. The van der Waals surface area contributed by atoms with E-state index in [9.17, 15) is 4.79 Å². The van der Waals surface area contributed by atoms with Crippen LogP contribution in [-0.2, 0) is 6.42 Å². The number of fused-ring (bicyclic) bond motifs is 1. The molecule has 0 radical (unpaired) electrons. The molecule has 2 heterocycles. The largest absolute Gasteiger partial charge is 0.494 e. The Balaban J connectivity index is 1.12. The normalized spacial score (nSPS) is 17.5. The lowest BCUT2D eigenvalue weighted by Gasteiger charge is -2.32. The van der Waals surface area contributed by atoms with Gasteiger partial charge in [0.1, 0.15) is 5.75 Å². The van der Waals surface area contributed by atoms with E-state index < -0.39 is 0 Å². The summed E-state index contributed by atoms with van der Waals surface area (Å²) in [6.07, 6.45) is 8.38. The molecule has 0 N–H and O–H groups in total. The summed E-state index contributed by atoms with van der Waals surface area (Å²) in [6.45, 7) is 6.05. The molecule has 1 amide bonds. The summed E-state index contributed by atoms with van der Waals surface area (Å²) in [7, 11) is 0. The highest BCUT2D eigenvalue weighted by Gasteiger charge is 2.24. The molecule has 4 heteroatoms. The number of carbonyl (C=O) groups excluding carboxylic acids is 1. The van der Waals surface area contributed by atoms with Crippen LogP contribution in [-0.4, -0.2) is 55.0 Å². The average Bonchev–Trinajstić information content (AvgIpc) is 2.92. The second-order valence-electron chi connectivity index (χ2n) is 10.3. The first-order valence-electron chi connectivity index (χ1n) is 13.5. The molecule has 35 heavy (non-hydrogen) atoms. The smallest absolute Gasteiger partial charge is 0.253 e. The lowest BCUT2D eigenvalue weighted by molar-refractivity contribution is 0.0690. The average molecular weight is 471 g/mol. The topological polar surface area (TPSA) is 32.8 Å². The highest BCUT2D eigenvalue weighted by molar-refractivity contribution is 5.98. The number of hydrogen-bond acceptors (Lipinski definition) is 3. The zero-order valence-electron chi connectivity index (χ0n) is 20.8. The van der Waals surface area contributed by atoms with E-state index in [1.807, 2.05) is 23.1 Å². The van der Waals surface area contributed by atoms with E-state index in [0.717, 1.165) is 74.0 Å². The molecule has 0 aromatic heterocycles. The predicted molar refractivity (Wildman–Crippen MR) is 143 cm³/mol. The maximum Gasteiger partial charge on any atom is 0.253 e. The van der Waals surface area contributed by atoms with Crippen LogP contribution in [0.4, 0.5) is 0 Å². The summed E-state index contributed by atoms with van der Waals surface area (Å²) in [5, 5.41) is 2.21. The van der Waals surface area contributed by atoms with Crippen molar-refractivity contribution >= 4 is 16.7 Å². The van der Waals surface area contributed by atoms with E-state index in [1.165, 1.54) is 37.9 Å². The Bertz CT molecular complexity index is 1100. The van der Waals surface area contributed by atoms with E-state index in [1.54, 1.807) is 0 Å². The Morgan fingerprint density at radius 1 is 0.829 bits per heavy atom. The monoisotopic (exact) mass is 470 g/mol. The molecule has 2 aliphatic rings. The fraction of sp³-hybridized carbons (Fsp3) is 0.452. The zero-order valence-corrected chi connectivity index (χ0v) is 20.8. The number of nitrogens with zero attached hydrogens (tertiary/aromatic N) is 2. The maximum atomic E-state index is 13.2. The Morgan fingerprint density at radius 2 is 1.57 bits per heavy atom. The molecule has 2 fully saturated rings. The van der Waals surface area contributed by atoms with Crippen molar-refractivity contribution in [2.75, 3.05) is 39.3 Å². The van der Waals surface area contributed by atoms with Crippen molar-refractivity contribution in [1.29, 1.82) is 0 Å². The van der Waals surface area contributed by atoms with Gasteiger partial charge in [-0.3, -0.25) is 4.79 Å². The molecule has 5 rings (SSSR count). The number of rotatable bonds is 8. The first-order valence-corrected chi connectivity index (χ1v) is 13.5. The van der Waals surface area contributed by atoms with E-state index in [4.69, 9.17) is 4.74 Å². The number of amides is 1. The van der Waals surface area contributed by atoms with Gasteiger partial charge in [0.2, 0.25) is 0 Å². The van der Waals surface area contributed by atoms with Gasteiger partial charge in [0, 0.05) is 25.2 Å². The van der Waals surface area contributed by atoms with Crippen molar-refractivity contribution in [1.82, 2.24) is 9.80 Å². The van der Waals surface area contributed by atoms with E-state index >= 15 is 0 Å². The number of carbonyl (C=O) groups is 1. The molecule has 0 unspecified atom stereocenters. The fourth-order valence-electron chi connectivity index (χ4n) is 5.58. The lowest BCUT2D eigenvalue weighted by atomic mass is 9.90. The van der Waals surface area contributed by atoms with Crippen LogP contribution in [0.1, 0.15) is 54.4 Å². The van der Waals surface area contributed by atoms with E-state index in [0.29, 0.717) is 5.92 Å². The molecule has 0 atom stereocenters. The second kappa shape index (κ2) is 11.7. The molecule has 3 aromatic rings. The Kier molecular flexibility index (Phi) is 7.99. The van der Waals surface area contributed by atoms with E-state index in [-0.39, 0.29) is 5.91 Å². The maximum absolute atomic E-state index is 13.2. The van der Waals surface area contributed by atoms with Crippen LogP contribution >= 0.6 is 0 Å². The van der Waals surface area contributed by atoms with Gasteiger partial charge < -0.3 is 14.5 Å². The summed E-state index contributed by atoms with van der Waals surface area (Å²) in [4.78, 5) is 17.8. The number of likely N-dealkylation sites (tertiary alicyclic amines) is 2. The van der Waals surface area contributed by atoms with Gasteiger partial charge in [0.15, 0.2) is 0 Å². The van der Waals surface area contributed by atoms with Crippen LogP contribution in [0.15, 0.2) is 66.7 Å². The number of ether oxygens (including phenoxy) is 1. The van der Waals surface area contributed by atoms with Crippen LogP contribution in [0.2, 0.25) is 0 Å². The first-order chi connectivity index (χ1) is 17.2. The Morgan fingerprint density at radius 3 is 2.37 bits per heavy atom. The van der Waals surface area contributed by atoms with Gasteiger partial charge in [-0.15, -0.1) is 0 Å². The molecule has 184 valence electrons. The van der Waals surface area contributed by atoms with Gasteiger partial charge >= 0.3 is 0 Å². The van der Waals surface area contributed by atoms with Crippen molar-refractivity contribution in [2.24, 2.45) is 5.92 Å². The van der Waals surface area contributed by atoms with Gasteiger partial charge in [-0.25, -0.2) is 0 Å². The van der Waals surface area contributed by atoms with Gasteiger partial charge in [-0.2, -0.15) is 0 Å². The van der Waals surface area contributed by atoms with Gasteiger partial charge in [0.25, 0.3) is 5.91 Å². The van der Waals surface area contributed by atoms with Crippen LogP contribution < -0.4 is 4.74 Å². The highest BCUT2D eigenvalue weighted by atomic mass is 16.5. The Labute approximate surface area is 209 Å². The highest BCUT2D eigenvalue weighted by Crippen LogP contribution is 2.26. The molecule has 0 spiro atoms. The van der Waals surface area contributed by atoms with E-state index in [2.05, 4.69) is 53.4 Å². The van der Waals surface area contributed by atoms with Gasteiger partial charge in [-0.05, 0) is 98.1 Å². The number of benzene rings is 3. The molecule has 0 aliphatic carbocycles. The summed E-state index contributed by atoms with van der Waals surface area (Å²) < 4.78 is 6.03. The first kappa shape index (κ1) is 23.9. The summed E-state index contributed by atoms with van der Waals surface area (Å²) >= 11 is 0. The molecule has 4 nitrogen and oxygen atoms in total. The lowest BCUT2D eigenvalue weighted by Crippen LogP contribution is -2.38. The second-order valence-corrected chi connectivity index (χ2v) is 10.3. The van der Waals surface area contributed by atoms with Crippen molar-refractivity contribution < 1.29 is 9.53 Å². The third kappa shape index (κ3) is 6.43. The van der Waals surface area contributed by atoms with Gasteiger partial charge in [-0.1, -0.05) is 48.9 Å². The minimum Gasteiger partial charge on any atom is -0.494 e. The van der Waals surface area contributed by atoms with Crippen LogP contribution in [0.3, 0.4) is 0 Å². The summed E-state index contributed by atoms with van der Waals surface area (Å²) in [5.41, 5.74) is 2.19. The minimum absolute atomic E-state index is 0.156. The van der Waals surface area contributed by atoms with Crippen molar-refractivity contribution in [3.63, 3.8) is 0 Å². The molecular weight excluding hydrogens is 432 g/mol. The summed E-state index contributed by atoms with van der Waals surface area (Å²) in [6, 6.07) is 23.0. The molecule has 0 bridgehead atoms. The number of hydrogen-bond donors (Lipinski definition) is 0. The van der Waals surface area contributed by atoms with Crippen molar-refractivity contribution in [3.05, 3.63) is 77.9 Å². The number of piperidine rings is 2. The quantitative estimate of drug-likeness (QED) is 0.368. The third-order valence-corrected chi connectivity index (χ3v) is 7.66. The standard InChI is InChI=1S/C31H38N2O2/c34-31(33-19-14-26(15-20-33)22-25-8-3-1-4-9-25)29-11-10-28-24-30(13-12-27(28)23-29)35-21-7-18-32-16-5-2-6-17-32/h1,3-4,8-13,23-24,26H,2,5-7,14-22H2. The predicted octanol–water partition coefficient (Wildman–Crippen LogP) is 6.19. The SMILES string of the molecule is O=C(c1ccc2cc(OCCCN3CCCCC3)ccc2c1)N1CCC(Cc2ccccc2)CC1. The third-order valence-electron chi connectivity index (χ3n) is 7.66.